The molecule has 0 heterocycles. The first-order valence-electron chi connectivity index (χ1n) is 4.54. The number of hydrogen-bond donors (Lipinski definition) is 0. The van der Waals surface area contributed by atoms with Crippen LogP contribution in [0.5, 0.6) is 0 Å². The lowest BCUT2D eigenvalue weighted by molar-refractivity contribution is 0.0764. The minimum Gasteiger partial charge on any atom is -0.374 e. The molecule has 0 bridgehead atoms. The molecule has 72 valence electrons. The van der Waals surface area contributed by atoms with Crippen molar-refractivity contribution in [2.75, 3.05) is 6.61 Å². The summed E-state index contributed by atoms with van der Waals surface area (Å²) in [5.74, 6) is 0.573. The average Bonchev–Trinajstić information content (AvgIpc) is 2.18. The summed E-state index contributed by atoms with van der Waals surface area (Å²) in [5, 5.41) is 0. The molecule has 1 aromatic rings. The van der Waals surface area contributed by atoms with Crippen LogP contribution in [0.25, 0.3) is 0 Å². The zero-order chi connectivity index (χ0) is 9.68. The molecule has 1 unspecified atom stereocenters. The van der Waals surface area contributed by atoms with Crippen LogP contribution >= 0.6 is 11.6 Å². The van der Waals surface area contributed by atoms with Crippen molar-refractivity contribution in [3.8, 4) is 0 Å². The minimum atomic E-state index is 0.175. The standard InChI is InChI=1S/C11H15ClO/c1-3-13-9(2)11-6-4-10(8-12)5-7-11/h4-7,9H,3,8H2,1-2H3. The van der Waals surface area contributed by atoms with Gasteiger partial charge in [-0.05, 0) is 25.0 Å². The van der Waals surface area contributed by atoms with E-state index in [9.17, 15) is 0 Å². The van der Waals surface area contributed by atoms with Crippen LogP contribution < -0.4 is 0 Å². The summed E-state index contributed by atoms with van der Waals surface area (Å²) >= 11 is 5.69. The first-order chi connectivity index (χ1) is 6.27. The molecule has 0 N–H and O–H groups in total. The molecule has 13 heavy (non-hydrogen) atoms. The van der Waals surface area contributed by atoms with Gasteiger partial charge in [0.2, 0.25) is 0 Å². The summed E-state index contributed by atoms with van der Waals surface area (Å²) in [4.78, 5) is 0. The van der Waals surface area contributed by atoms with Gasteiger partial charge < -0.3 is 4.74 Å². The second-order valence-corrected chi connectivity index (χ2v) is 3.24. The molecule has 1 atom stereocenters. The maximum Gasteiger partial charge on any atom is 0.0796 e. The van der Waals surface area contributed by atoms with E-state index in [-0.39, 0.29) is 6.10 Å². The first kappa shape index (κ1) is 10.6. The molecule has 0 fully saturated rings. The second-order valence-electron chi connectivity index (χ2n) is 2.97. The summed E-state index contributed by atoms with van der Waals surface area (Å²) in [6.45, 7) is 4.81. The Morgan fingerprint density at radius 1 is 1.31 bits per heavy atom. The molecule has 1 aromatic carbocycles. The predicted octanol–water partition coefficient (Wildman–Crippen LogP) is 3.52. The predicted molar refractivity (Wildman–Crippen MR) is 56.0 cm³/mol. The highest BCUT2D eigenvalue weighted by Crippen LogP contribution is 2.17. The Hall–Kier alpha value is -0.530. The van der Waals surface area contributed by atoms with Gasteiger partial charge in [0.1, 0.15) is 0 Å². The van der Waals surface area contributed by atoms with Crippen LogP contribution in [-0.2, 0) is 10.6 Å². The van der Waals surface area contributed by atoms with Gasteiger partial charge in [0.05, 0.1) is 6.10 Å². The van der Waals surface area contributed by atoms with Gasteiger partial charge in [-0.3, -0.25) is 0 Å². The van der Waals surface area contributed by atoms with E-state index in [1.54, 1.807) is 0 Å². The maximum atomic E-state index is 5.69. The van der Waals surface area contributed by atoms with Crippen molar-refractivity contribution in [3.05, 3.63) is 35.4 Å². The Labute approximate surface area is 84.7 Å². The van der Waals surface area contributed by atoms with Crippen LogP contribution in [0.1, 0.15) is 31.1 Å². The fraction of sp³-hybridized carbons (Fsp3) is 0.455. The number of halogens is 1. The van der Waals surface area contributed by atoms with E-state index in [1.165, 1.54) is 5.56 Å². The molecule has 0 aliphatic rings. The van der Waals surface area contributed by atoms with Crippen LogP contribution in [0.4, 0.5) is 0 Å². The molecule has 0 aromatic heterocycles. The molecule has 1 nitrogen and oxygen atoms in total. The number of alkyl halides is 1. The summed E-state index contributed by atoms with van der Waals surface area (Å²) in [6.07, 6.45) is 0.175. The minimum absolute atomic E-state index is 0.175. The highest BCUT2D eigenvalue weighted by molar-refractivity contribution is 6.17. The van der Waals surface area contributed by atoms with E-state index in [0.717, 1.165) is 12.2 Å². The van der Waals surface area contributed by atoms with Crippen molar-refractivity contribution in [1.82, 2.24) is 0 Å². The zero-order valence-corrected chi connectivity index (χ0v) is 8.84. The Morgan fingerprint density at radius 2 is 1.92 bits per heavy atom. The second kappa shape index (κ2) is 5.25. The smallest absolute Gasteiger partial charge is 0.0796 e. The molecule has 0 amide bonds. The average molecular weight is 199 g/mol. The van der Waals surface area contributed by atoms with E-state index in [2.05, 4.69) is 19.1 Å². The molecular formula is C11H15ClO. The van der Waals surface area contributed by atoms with Crippen LogP contribution in [-0.4, -0.2) is 6.61 Å². The molecule has 0 spiro atoms. The van der Waals surface area contributed by atoms with Crippen molar-refractivity contribution < 1.29 is 4.74 Å². The van der Waals surface area contributed by atoms with Gasteiger partial charge in [0, 0.05) is 12.5 Å². The van der Waals surface area contributed by atoms with Gasteiger partial charge in [-0.15, -0.1) is 11.6 Å². The zero-order valence-electron chi connectivity index (χ0n) is 8.09. The van der Waals surface area contributed by atoms with Gasteiger partial charge in [-0.25, -0.2) is 0 Å². The van der Waals surface area contributed by atoms with Gasteiger partial charge >= 0.3 is 0 Å². The largest absolute Gasteiger partial charge is 0.374 e. The molecule has 0 aliphatic carbocycles. The number of hydrogen-bond acceptors (Lipinski definition) is 1. The van der Waals surface area contributed by atoms with Crippen LogP contribution in [0.15, 0.2) is 24.3 Å². The van der Waals surface area contributed by atoms with E-state index >= 15 is 0 Å². The fourth-order valence-corrected chi connectivity index (χ4v) is 1.40. The topological polar surface area (TPSA) is 9.23 Å². The third-order valence-electron chi connectivity index (χ3n) is 2.02. The van der Waals surface area contributed by atoms with Gasteiger partial charge in [-0.1, -0.05) is 24.3 Å². The number of ether oxygens (including phenoxy) is 1. The van der Waals surface area contributed by atoms with Crippen molar-refractivity contribution in [2.24, 2.45) is 0 Å². The summed E-state index contributed by atoms with van der Waals surface area (Å²) < 4.78 is 5.47. The molecule has 0 aliphatic heterocycles. The maximum absolute atomic E-state index is 5.69. The van der Waals surface area contributed by atoms with Crippen molar-refractivity contribution in [3.63, 3.8) is 0 Å². The Morgan fingerprint density at radius 3 is 2.38 bits per heavy atom. The van der Waals surface area contributed by atoms with Crippen LogP contribution in [0.3, 0.4) is 0 Å². The lowest BCUT2D eigenvalue weighted by atomic mass is 10.1. The third-order valence-corrected chi connectivity index (χ3v) is 2.33. The first-order valence-corrected chi connectivity index (χ1v) is 5.07. The van der Waals surface area contributed by atoms with E-state index in [1.807, 2.05) is 19.1 Å². The van der Waals surface area contributed by atoms with E-state index < -0.39 is 0 Å². The Bertz CT molecular complexity index is 243. The van der Waals surface area contributed by atoms with Gasteiger partial charge in [0.15, 0.2) is 0 Å². The van der Waals surface area contributed by atoms with E-state index in [0.29, 0.717) is 5.88 Å². The quantitative estimate of drug-likeness (QED) is 0.673. The highest BCUT2D eigenvalue weighted by Gasteiger charge is 2.03. The lowest BCUT2D eigenvalue weighted by Crippen LogP contribution is -1.99. The van der Waals surface area contributed by atoms with Gasteiger partial charge in [-0.2, -0.15) is 0 Å². The molecule has 0 radical (unpaired) electrons. The fourth-order valence-electron chi connectivity index (χ4n) is 1.22. The van der Waals surface area contributed by atoms with Crippen LogP contribution in [0.2, 0.25) is 0 Å². The summed E-state index contributed by atoms with van der Waals surface area (Å²) in [6, 6.07) is 8.21. The Kier molecular flexibility index (Phi) is 4.26. The number of benzene rings is 1. The normalized spacial score (nSPS) is 12.8. The molecule has 0 saturated carbocycles. The summed E-state index contributed by atoms with van der Waals surface area (Å²) in [7, 11) is 0. The monoisotopic (exact) mass is 198 g/mol. The van der Waals surface area contributed by atoms with Crippen molar-refractivity contribution in [1.29, 1.82) is 0 Å². The Balaban J connectivity index is 2.67. The molecule has 2 heteroatoms. The molecule has 0 saturated heterocycles. The third kappa shape index (κ3) is 3.02. The van der Waals surface area contributed by atoms with Crippen LogP contribution in [0, 0.1) is 0 Å². The van der Waals surface area contributed by atoms with Crippen molar-refractivity contribution >= 4 is 11.6 Å². The molecular weight excluding hydrogens is 184 g/mol. The summed E-state index contributed by atoms with van der Waals surface area (Å²) in [5.41, 5.74) is 2.35. The SMILES string of the molecule is CCOC(C)c1ccc(CCl)cc1. The number of rotatable bonds is 4. The molecule has 1 rings (SSSR count). The van der Waals surface area contributed by atoms with Crippen molar-refractivity contribution in [2.45, 2.75) is 25.8 Å². The lowest BCUT2D eigenvalue weighted by Gasteiger charge is -2.11. The highest BCUT2D eigenvalue weighted by atomic mass is 35.5. The van der Waals surface area contributed by atoms with Gasteiger partial charge in [0.25, 0.3) is 0 Å². The van der Waals surface area contributed by atoms with E-state index in [4.69, 9.17) is 16.3 Å².